The summed E-state index contributed by atoms with van der Waals surface area (Å²) in [5, 5.41) is 3.17. The molecule has 5 nitrogen and oxygen atoms in total. The van der Waals surface area contributed by atoms with Crippen molar-refractivity contribution in [2.75, 3.05) is 13.1 Å². The molecular weight excluding hydrogens is 362 g/mol. The zero-order chi connectivity index (χ0) is 18.4. The maximum atomic E-state index is 12.9. The van der Waals surface area contributed by atoms with Gasteiger partial charge in [-0.05, 0) is 37.2 Å². The first kappa shape index (κ1) is 21.7. The largest absolute Gasteiger partial charge is 0.350 e. The normalized spacial score (nSPS) is 21.4. The van der Waals surface area contributed by atoms with Crippen LogP contribution in [0, 0.1) is 5.92 Å². The van der Waals surface area contributed by atoms with E-state index in [2.05, 4.69) is 5.32 Å². The lowest BCUT2D eigenvalue weighted by Crippen LogP contribution is -2.53. The first-order chi connectivity index (χ1) is 12.7. The molecule has 2 fully saturated rings. The molecule has 2 atom stereocenters. The lowest BCUT2D eigenvalue weighted by Gasteiger charge is -2.32. The minimum absolute atomic E-state index is 0. The molecule has 0 aromatic heterocycles. The van der Waals surface area contributed by atoms with Crippen LogP contribution >= 0.6 is 12.4 Å². The van der Waals surface area contributed by atoms with Crippen LogP contribution in [0.1, 0.15) is 50.5 Å². The third-order valence-corrected chi connectivity index (χ3v) is 5.87. The minimum Gasteiger partial charge on any atom is -0.350 e. The van der Waals surface area contributed by atoms with Crippen LogP contribution in [-0.2, 0) is 16.0 Å². The quantitative estimate of drug-likeness (QED) is 0.780. The highest BCUT2D eigenvalue weighted by Crippen LogP contribution is 2.27. The van der Waals surface area contributed by atoms with Gasteiger partial charge in [0.15, 0.2) is 0 Å². The van der Waals surface area contributed by atoms with Crippen molar-refractivity contribution in [2.24, 2.45) is 11.7 Å². The monoisotopic (exact) mass is 393 g/mol. The lowest BCUT2D eigenvalue weighted by molar-refractivity contribution is -0.138. The van der Waals surface area contributed by atoms with E-state index >= 15 is 0 Å². The lowest BCUT2D eigenvalue weighted by atomic mass is 9.84. The van der Waals surface area contributed by atoms with E-state index < -0.39 is 0 Å². The molecule has 1 heterocycles. The third-order valence-electron chi connectivity index (χ3n) is 5.87. The maximum absolute atomic E-state index is 12.9. The smallest absolute Gasteiger partial charge is 0.243 e. The van der Waals surface area contributed by atoms with Gasteiger partial charge in [0, 0.05) is 19.1 Å². The van der Waals surface area contributed by atoms with Crippen molar-refractivity contribution in [1.82, 2.24) is 10.2 Å². The zero-order valence-corrected chi connectivity index (χ0v) is 16.8. The van der Waals surface area contributed by atoms with Gasteiger partial charge in [-0.2, -0.15) is 0 Å². The molecule has 3 rings (SSSR count). The summed E-state index contributed by atoms with van der Waals surface area (Å²) >= 11 is 0. The molecule has 1 aromatic carbocycles. The molecule has 0 bridgehead atoms. The van der Waals surface area contributed by atoms with E-state index in [1.807, 2.05) is 30.3 Å². The highest BCUT2D eigenvalue weighted by Gasteiger charge is 2.35. The number of carbonyl (C=O) groups excluding carboxylic acids is 2. The van der Waals surface area contributed by atoms with Gasteiger partial charge in [0.1, 0.15) is 6.04 Å². The molecule has 1 aromatic rings. The molecule has 3 N–H and O–H groups in total. The molecule has 1 saturated heterocycles. The molecule has 0 radical (unpaired) electrons. The highest BCUT2D eigenvalue weighted by atomic mass is 35.5. The molecular formula is C21H32ClN3O2. The third kappa shape index (κ3) is 5.69. The number of nitrogens with two attached hydrogens (primary N) is 1. The number of nitrogens with one attached hydrogen (secondary N) is 1. The Balaban J connectivity index is 0.00000261. The number of hydrogen-bond donors (Lipinski definition) is 2. The van der Waals surface area contributed by atoms with E-state index in [1.54, 1.807) is 4.90 Å². The number of nitrogens with zero attached hydrogens (tertiary/aromatic N) is 1. The molecule has 27 heavy (non-hydrogen) atoms. The standard InChI is InChI=1S/C21H31N3O2.ClH/c22-15-18(17-10-5-2-6-11-17)23-21(26)19-12-7-13-24(19)20(25)14-16-8-3-1-4-9-16;/h1,3-4,8-9,17-19H,2,5-7,10-15,22H2,(H,23,26);1H. The van der Waals surface area contributed by atoms with Gasteiger partial charge in [0.05, 0.1) is 6.42 Å². The van der Waals surface area contributed by atoms with Gasteiger partial charge in [-0.1, -0.05) is 49.6 Å². The van der Waals surface area contributed by atoms with Crippen LogP contribution in [0.4, 0.5) is 0 Å². The summed E-state index contributed by atoms with van der Waals surface area (Å²) in [4.78, 5) is 27.3. The number of benzene rings is 1. The first-order valence-corrected chi connectivity index (χ1v) is 10.0. The average molecular weight is 394 g/mol. The van der Waals surface area contributed by atoms with Gasteiger partial charge in [-0.3, -0.25) is 9.59 Å². The predicted octanol–water partition coefficient (Wildman–Crippen LogP) is 2.67. The summed E-state index contributed by atoms with van der Waals surface area (Å²) < 4.78 is 0. The van der Waals surface area contributed by atoms with Gasteiger partial charge in [-0.15, -0.1) is 12.4 Å². The van der Waals surface area contributed by atoms with Gasteiger partial charge >= 0.3 is 0 Å². The summed E-state index contributed by atoms with van der Waals surface area (Å²) in [6.45, 7) is 1.14. The van der Waals surface area contributed by atoms with Crippen LogP contribution in [0.15, 0.2) is 30.3 Å². The molecule has 1 aliphatic carbocycles. The van der Waals surface area contributed by atoms with Crippen LogP contribution in [0.3, 0.4) is 0 Å². The van der Waals surface area contributed by atoms with E-state index in [1.165, 1.54) is 19.3 Å². The average Bonchev–Trinajstić information content (AvgIpc) is 3.17. The van der Waals surface area contributed by atoms with Crippen LogP contribution in [0.5, 0.6) is 0 Å². The van der Waals surface area contributed by atoms with E-state index in [9.17, 15) is 9.59 Å². The van der Waals surface area contributed by atoms with Crippen molar-refractivity contribution < 1.29 is 9.59 Å². The van der Waals surface area contributed by atoms with Crippen molar-refractivity contribution in [3.8, 4) is 0 Å². The summed E-state index contributed by atoms with van der Waals surface area (Å²) in [5.74, 6) is 0.494. The van der Waals surface area contributed by atoms with Crippen LogP contribution in [-0.4, -0.2) is 41.9 Å². The van der Waals surface area contributed by atoms with Crippen molar-refractivity contribution in [3.63, 3.8) is 0 Å². The van der Waals surface area contributed by atoms with E-state index in [4.69, 9.17) is 5.73 Å². The molecule has 1 saturated carbocycles. The Morgan fingerprint density at radius 3 is 2.44 bits per heavy atom. The van der Waals surface area contributed by atoms with Crippen LogP contribution in [0.2, 0.25) is 0 Å². The fourth-order valence-electron chi connectivity index (χ4n) is 4.39. The van der Waals surface area contributed by atoms with Crippen molar-refractivity contribution in [3.05, 3.63) is 35.9 Å². The van der Waals surface area contributed by atoms with Gasteiger partial charge in [-0.25, -0.2) is 0 Å². The molecule has 2 unspecified atom stereocenters. The number of likely N-dealkylation sites (tertiary alicyclic amines) is 1. The number of hydrogen-bond acceptors (Lipinski definition) is 3. The highest BCUT2D eigenvalue weighted by molar-refractivity contribution is 5.89. The van der Waals surface area contributed by atoms with E-state index in [0.29, 0.717) is 25.4 Å². The SMILES string of the molecule is Cl.NCC(NC(=O)C1CCCN1C(=O)Cc1ccccc1)C1CCCCC1. The van der Waals surface area contributed by atoms with E-state index in [-0.39, 0.29) is 36.3 Å². The number of amides is 2. The second kappa shape index (κ2) is 10.7. The minimum atomic E-state index is -0.344. The van der Waals surface area contributed by atoms with Crippen molar-refractivity contribution in [2.45, 2.75) is 63.5 Å². The van der Waals surface area contributed by atoms with Gasteiger partial charge in [0.25, 0.3) is 0 Å². The van der Waals surface area contributed by atoms with Crippen LogP contribution in [0.25, 0.3) is 0 Å². The first-order valence-electron chi connectivity index (χ1n) is 10.0. The Bertz CT molecular complexity index is 605. The molecule has 6 heteroatoms. The van der Waals surface area contributed by atoms with Crippen molar-refractivity contribution >= 4 is 24.2 Å². The Morgan fingerprint density at radius 1 is 1.07 bits per heavy atom. The fourth-order valence-corrected chi connectivity index (χ4v) is 4.39. The molecule has 1 aliphatic heterocycles. The Kier molecular flexibility index (Phi) is 8.58. The van der Waals surface area contributed by atoms with Gasteiger partial charge in [0.2, 0.25) is 11.8 Å². The van der Waals surface area contributed by atoms with Crippen LogP contribution < -0.4 is 11.1 Å². The molecule has 2 amide bonds. The number of rotatable bonds is 6. The fraction of sp³-hybridized carbons (Fsp3) is 0.619. The maximum Gasteiger partial charge on any atom is 0.243 e. The zero-order valence-electron chi connectivity index (χ0n) is 15.9. The van der Waals surface area contributed by atoms with E-state index in [0.717, 1.165) is 31.2 Å². The summed E-state index contributed by atoms with van der Waals surface area (Å²) in [5.41, 5.74) is 6.94. The Hall–Kier alpha value is -1.59. The summed E-state index contributed by atoms with van der Waals surface area (Å²) in [6.07, 6.45) is 8.00. The second-order valence-corrected chi connectivity index (χ2v) is 7.66. The Labute approximate surface area is 168 Å². The second-order valence-electron chi connectivity index (χ2n) is 7.66. The van der Waals surface area contributed by atoms with Crippen molar-refractivity contribution in [1.29, 1.82) is 0 Å². The number of carbonyl (C=O) groups is 2. The topological polar surface area (TPSA) is 75.4 Å². The predicted molar refractivity (Wildman–Crippen MR) is 110 cm³/mol. The molecule has 2 aliphatic rings. The number of halogens is 1. The molecule has 150 valence electrons. The van der Waals surface area contributed by atoms with Gasteiger partial charge < -0.3 is 16.0 Å². The Morgan fingerprint density at radius 2 is 1.78 bits per heavy atom. The summed E-state index contributed by atoms with van der Waals surface area (Å²) in [7, 11) is 0. The molecule has 0 spiro atoms. The summed E-state index contributed by atoms with van der Waals surface area (Å²) in [6, 6.07) is 9.42.